The van der Waals surface area contributed by atoms with Crippen LogP contribution in [0.3, 0.4) is 0 Å². The first-order valence-corrected chi connectivity index (χ1v) is 5.01. The van der Waals surface area contributed by atoms with Gasteiger partial charge in [-0.05, 0) is 13.0 Å². The summed E-state index contributed by atoms with van der Waals surface area (Å²) in [6.45, 7) is 7.57. The molecular weight excluding hydrogens is 208 g/mol. The van der Waals surface area contributed by atoms with Gasteiger partial charge in [-0.2, -0.15) is 0 Å². The van der Waals surface area contributed by atoms with Gasteiger partial charge in [-0.15, -0.1) is 0 Å². The number of esters is 1. The van der Waals surface area contributed by atoms with Gasteiger partial charge in [0.15, 0.2) is 0 Å². The standard InChI is InChI=1S/C12H16O4/c1-7-8(10(13)11(14)15-5)6-9(16-7)12(2,3)4/h6H,1-5H3. The van der Waals surface area contributed by atoms with Gasteiger partial charge in [0, 0.05) is 5.41 Å². The van der Waals surface area contributed by atoms with Crippen molar-refractivity contribution in [2.45, 2.75) is 33.1 Å². The Kier molecular flexibility index (Phi) is 3.21. The number of Topliss-reactive ketones (excluding diaryl/α,β-unsaturated/α-hetero) is 1. The molecule has 0 radical (unpaired) electrons. The molecule has 1 rings (SSSR count). The number of rotatable bonds is 2. The van der Waals surface area contributed by atoms with Crippen molar-refractivity contribution in [2.75, 3.05) is 7.11 Å². The van der Waals surface area contributed by atoms with Gasteiger partial charge in [0.05, 0.1) is 12.7 Å². The quantitative estimate of drug-likeness (QED) is 0.439. The molecule has 0 N–H and O–H groups in total. The molecule has 88 valence electrons. The number of methoxy groups -OCH3 is 1. The van der Waals surface area contributed by atoms with Crippen molar-refractivity contribution in [3.05, 3.63) is 23.2 Å². The molecule has 0 spiro atoms. The van der Waals surface area contributed by atoms with E-state index in [4.69, 9.17) is 4.42 Å². The van der Waals surface area contributed by atoms with Crippen LogP contribution in [0.1, 0.15) is 42.6 Å². The van der Waals surface area contributed by atoms with E-state index in [9.17, 15) is 9.59 Å². The van der Waals surface area contributed by atoms with Gasteiger partial charge in [0.1, 0.15) is 11.5 Å². The van der Waals surface area contributed by atoms with E-state index < -0.39 is 11.8 Å². The number of carbonyl (C=O) groups excluding carboxylic acids is 2. The van der Waals surface area contributed by atoms with Crippen molar-refractivity contribution < 1.29 is 18.7 Å². The van der Waals surface area contributed by atoms with Gasteiger partial charge < -0.3 is 9.15 Å². The molecule has 1 heterocycles. The van der Waals surface area contributed by atoms with E-state index in [-0.39, 0.29) is 11.0 Å². The number of carbonyl (C=O) groups is 2. The van der Waals surface area contributed by atoms with Crippen LogP contribution in [-0.4, -0.2) is 18.9 Å². The fourth-order valence-corrected chi connectivity index (χ4v) is 1.28. The van der Waals surface area contributed by atoms with Crippen molar-refractivity contribution in [1.82, 2.24) is 0 Å². The molecule has 0 amide bonds. The highest BCUT2D eigenvalue weighted by atomic mass is 16.5. The summed E-state index contributed by atoms with van der Waals surface area (Å²) in [5.74, 6) is -0.416. The number of ketones is 1. The van der Waals surface area contributed by atoms with Crippen LogP contribution in [0.2, 0.25) is 0 Å². The summed E-state index contributed by atoms with van der Waals surface area (Å²) >= 11 is 0. The zero-order valence-corrected chi connectivity index (χ0v) is 10.2. The molecule has 0 aliphatic heterocycles. The van der Waals surface area contributed by atoms with E-state index in [0.29, 0.717) is 11.5 Å². The monoisotopic (exact) mass is 224 g/mol. The maximum atomic E-state index is 11.6. The highest BCUT2D eigenvalue weighted by Crippen LogP contribution is 2.27. The second-order valence-corrected chi connectivity index (χ2v) is 4.65. The van der Waals surface area contributed by atoms with E-state index in [1.165, 1.54) is 7.11 Å². The molecule has 16 heavy (non-hydrogen) atoms. The second kappa shape index (κ2) is 4.12. The molecule has 4 heteroatoms. The van der Waals surface area contributed by atoms with Gasteiger partial charge in [0.25, 0.3) is 5.78 Å². The summed E-state index contributed by atoms with van der Waals surface area (Å²) in [4.78, 5) is 22.7. The van der Waals surface area contributed by atoms with Crippen molar-refractivity contribution in [3.8, 4) is 0 Å². The molecule has 0 fully saturated rings. The summed E-state index contributed by atoms with van der Waals surface area (Å²) < 4.78 is 9.85. The number of aryl methyl sites for hydroxylation is 1. The zero-order chi connectivity index (χ0) is 12.5. The minimum atomic E-state index is -0.871. The summed E-state index contributed by atoms with van der Waals surface area (Å²) in [5, 5.41) is 0. The largest absolute Gasteiger partial charge is 0.465 e. The first-order chi connectivity index (χ1) is 7.27. The second-order valence-electron chi connectivity index (χ2n) is 4.65. The molecular formula is C12H16O4. The summed E-state index contributed by atoms with van der Waals surface area (Å²) in [5.41, 5.74) is 0.0798. The van der Waals surface area contributed by atoms with Gasteiger partial charge in [-0.1, -0.05) is 20.8 Å². The molecule has 1 aromatic rings. The molecule has 0 aromatic carbocycles. The molecule has 0 bridgehead atoms. The average molecular weight is 224 g/mol. The number of hydrogen-bond donors (Lipinski definition) is 0. The van der Waals surface area contributed by atoms with E-state index in [1.54, 1.807) is 13.0 Å². The molecule has 0 saturated heterocycles. The van der Waals surface area contributed by atoms with Crippen molar-refractivity contribution in [3.63, 3.8) is 0 Å². The Morgan fingerprint density at radius 2 is 1.88 bits per heavy atom. The molecule has 0 aliphatic carbocycles. The van der Waals surface area contributed by atoms with E-state index >= 15 is 0 Å². The van der Waals surface area contributed by atoms with Gasteiger partial charge in [0.2, 0.25) is 0 Å². The van der Waals surface area contributed by atoms with Crippen LogP contribution in [0.15, 0.2) is 10.5 Å². The predicted molar refractivity (Wildman–Crippen MR) is 58.5 cm³/mol. The van der Waals surface area contributed by atoms with Crippen LogP contribution in [0.25, 0.3) is 0 Å². The number of hydrogen-bond acceptors (Lipinski definition) is 4. The van der Waals surface area contributed by atoms with Crippen LogP contribution in [0.5, 0.6) is 0 Å². The molecule has 0 atom stereocenters. The topological polar surface area (TPSA) is 56.5 Å². The normalized spacial score (nSPS) is 11.3. The fourth-order valence-electron chi connectivity index (χ4n) is 1.28. The van der Waals surface area contributed by atoms with E-state index in [0.717, 1.165) is 0 Å². The minimum Gasteiger partial charge on any atom is -0.465 e. The number of ether oxygens (including phenoxy) is 1. The van der Waals surface area contributed by atoms with Crippen molar-refractivity contribution in [1.29, 1.82) is 0 Å². The summed E-state index contributed by atoms with van der Waals surface area (Å²) in [6.07, 6.45) is 0. The predicted octanol–water partition coefficient (Wildman–Crippen LogP) is 2.24. The zero-order valence-electron chi connectivity index (χ0n) is 10.2. The molecule has 0 saturated carbocycles. The molecule has 0 unspecified atom stereocenters. The van der Waals surface area contributed by atoms with Crippen molar-refractivity contribution >= 4 is 11.8 Å². The Hall–Kier alpha value is -1.58. The highest BCUT2D eigenvalue weighted by molar-refractivity contribution is 6.40. The lowest BCUT2D eigenvalue weighted by Crippen LogP contribution is -2.16. The third-order valence-corrected chi connectivity index (χ3v) is 2.27. The smallest absolute Gasteiger partial charge is 0.379 e. The Labute approximate surface area is 94.6 Å². The van der Waals surface area contributed by atoms with E-state index in [2.05, 4.69) is 4.74 Å². The number of furan rings is 1. The lowest BCUT2D eigenvalue weighted by Gasteiger charge is -2.13. The highest BCUT2D eigenvalue weighted by Gasteiger charge is 2.26. The van der Waals surface area contributed by atoms with Gasteiger partial charge in [-0.25, -0.2) is 4.79 Å². The van der Waals surface area contributed by atoms with Crippen LogP contribution in [-0.2, 0) is 14.9 Å². The summed E-state index contributed by atoms with van der Waals surface area (Å²) in [6, 6.07) is 1.61. The minimum absolute atomic E-state index is 0.195. The Morgan fingerprint density at radius 1 is 1.31 bits per heavy atom. The molecule has 4 nitrogen and oxygen atoms in total. The Bertz CT molecular complexity index is 421. The van der Waals surface area contributed by atoms with Crippen LogP contribution >= 0.6 is 0 Å². The SMILES string of the molecule is COC(=O)C(=O)c1cc(C(C)(C)C)oc1C. The third-order valence-electron chi connectivity index (χ3n) is 2.27. The Morgan fingerprint density at radius 3 is 2.25 bits per heavy atom. The first-order valence-electron chi connectivity index (χ1n) is 5.01. The fraction of sp³-hybridized carbons (Fsp3) is 0.500. The van der Waals surface area contributed by atoms with Crippen LogP contribution in [0.4, 0.5) is 0 Å². The van der Waals surface area contributed by atoms with Crippen molar-refractivity contribution in [2.24, 2.45) is 0 Å². The lowest BCUT2D eigenvalue weighted by atomic mass is 9.93. The van der Waals surface area contributed by atoms with Crippen LogP contribution in [0, 0.1) is 6.92 Å². The maximum Gasteiger partial charge on any atom is 0.379 e. The van der Waals surface area contributed by atoms with Gasteiger partial charge >= 0.3 is 5.97 Å². The molecule has 1 aromatic heterocycles. The van der Waals surface area contributed by atoms with Gasteiger partial charge in [-0.3, -0.25) is 4.79 Å². The lowest BCUT2D eigenvalue weighted by molar-refractivity contribution is -0.135. The molecule has 0 aliphatic rings. The third kappa shape index (κ3) is 2.32. The van der Waals surface area contributed by atoms with E-state index in [1.807, 2.05) is 20.8 Å². The maximum absolute atomic E-state index is 11.6. The Balaban J connectivity index is 3.13. The first kappa shape index (κ1) is 12.5. The van der Waals surface area contributed by atoms with Crippen LogP contribution < -0.4 is 0 Å². The summed E-state index contributed by atoms with van der Waals surface area (Å²) in [7, 11) is 1.18. The average Bonchev–Trinajstić information content (AvgIpc) is 2.57.